The third-order valence-electron chi connectivity index (χ3n) is 3.88. The Labute approximate surface area is 153 Å². The molecule has 2 N–H and O–H groups in total. The number of amides is 2. The molecule has 8 heteroatoms. The first-order valence-electron chi connectivity index (χ1n) is 8.02. The standard InChI is InChI=1S/C18H22FN3O3S/c1-20-26(24,25)13-16-6-4-3-5-15(16)11-21-18(23)22(2)12-14-7-9-17(19)10-8-14/h3-10,20H,11-13H2,1-2H3,(H,21,23). The molecule has 0 fully saturated rings. The van der Waals surface area contributed by atoms with E-state index < -0.39 is 10.0 Å². The van der Waals surface area contributed by atoms with Crippen LogP contribution in [0.4, 0.5) is 9.18 Å². The summed E-state index contributed by atoms with van der Waals surface area (Å²) in [6.07, 6.45) is 0. The number of nitrogens with one attached hydrogen (secondary N) is 2. The van der Waals surface area contributed by atoms with E-state index in [-0.39, 0.29) is 24.1 Å². The van der Waals surface area contributed by atoms with Crippen molar-refractivity contribution >= 4 is 16.1 Å². The Kier molecular flexibility index (Phi) is 6.70. The van der Waals surface area contributed by atoms with Gasteiger partial charge in [0.05, 0.1) is 5.75 Å². The van der Waals surface area contributed by atoms with Crippen molar-refractivity contribution in [2.75, 3.05) is 14.1 Å². The van der Waals surface area contributed by atoms with Gasteiger partial charge in [0, 0.05) is 20.1 Å². The summed E-state index contributed by atoms with van der Waals surface area (Å²) in [5.74, 6) is -0.477. The van der Waals surface area contributed by atoms with E-state index in [1.165, 1.54) is 24.1 Å². The first-order chi connectivity index (χ1) is 12.3. The van der Waals surface area contributed by atoms with Gasteiger partial charge in [0.15, 0.2) is 0 Å². The average molecular weight is 379 g/mol. The van der Waals surface area contributed by atoms with Crippen LogP contribution in [-0.4, -0.2) is 33.4 Å². The second-order valence-electron chi connectivity index (χ2n) is 5.87. The first kappa shape index (κ1) is 19.9. The molecule has 0 spiro atoms. The van der Waals surface area contributed by atoms with Gasteiger partial charge in [-0.1, -0.05) is 36.4 Å². The summed E-state index contributed by atoms with van der Waals surface area (Å²) in [4.78, 5) is 13.7. The summed E-state index contributed by atoms with van der Waals surface area (Å²) in [5, 5.41) is 2.77. The van der Waals surface area contributed by atoms with E-state index in [1.54, 1.807) is 43.4 Å². The molecule has 0 atom stereocenters. The molecule has 0 radical (unpaired) electrons. The van der Waals surface area contributed by atoms with E-state index in [0.29, 0.717) is 12.1 Å². The van der Waals surface area contributed by atoms with E-state index in [4.69, 9.17) is 0 Å². The maximum Gasteiger partial charge on any atom is 0.317 e. The number of carbonyl (C=O) groups is 1. The SMILES string of the molecule is CNS(=O)(=O)Cc1ccccc1CNC(=O)N(C)Cc1ccc(F)cc1. The van der Waals surface area contributed by atoms with Gasteiger partial charge in [0.1, 0.15) is 5.82 Å². The van der Waals surface area contributed by atoms with Gasteiger partial charge in [0.2, 0.25) is 10.0 Å². The molecule has 0 saturated heterocycles. The number of urea groups is 1. The number of halogens is 1. The number of carbonyl (C=O) groups excluding carboxylic acids is 1. The molecule has 2 aromatic carbocycles. The van der Waals surface area contributed by atoms with Crippen molar-refractivity contribution in [2.45, 2.75) is 18.8 Å². The summed E-state index contributed by atoms with van der Waals surface area (Å²) in [6, 6.07) is 12.7. The summed E-state index contributed by atoms with van der Waals surface area (Å²) >= 11 is 0. The van der Waals surface area contributed by atoms with Crippen LogP contribution in [0.15, 0.2) is 48.5 Å². The fraction of sp³-hybridized carbons (Fsp3) is 0.278. The zero-order valence-electron chi connectivity index (χ0n) is 14.7. The van der Waals surface area contributed by atoms with Gasteiger partial charge in [-0.2, -0.15) is 0 Å². The normalized spacial score (nSPS) is 11.2. The van der Waals surface area contributed by atoms with Crippen LogP contribution in [0.3, 0.4) is 0 Å². The predicted octanol–water partition coefficient (Wildman–Crippen LogP) is 2.22. The number of rotatable bonds is 7. The lowest BCUT2D eigenvalue weighted by molar-refractivity contribution is 0.206. The number of nitrogens with zero attached hydrogens (tertiary/aromatic N) is 1. The minimum Gasteiger partial charge on any atom is -0.334 e. The van der Waals surface area contributed by atoms with Crippen molar-refractivity contribution in [3.05, 3.63) is 71.0 Å². The molecule has 0 aliphatic carbocycles. The molecule has 26 heavy (non-hydrogen) atoms. The Balaban J connectivity index is 1.97. The van der Waals surface area contributed by atoms with Crippen molar-refractivity contribution < 1.29 is 17.6 Å². The quantitative estimate of drug-likeness (QED) is 0.774. The monoisotopic (exact) mass is 379 g/mol. The van der Waals surface area contributed by atoms with Gasteiger partial charge in [0.25, 0.3) is 0 Å². The Hall–Kier alpha value is -2.45. The lowest BCUT2D eigenvalue weighted by Crippen LogP contribution is -2.36. The Bertz CT molecular complexity index is 854. The fourth-order valence-corrected chi connectivity index (χ4v) is 3.22. The van der Waals surface area contributed by atoms with Crippen LogP contribution in [0.1, 0.15) is 16.7 Å². The minimum absolute atomic E-state index is 0.152. The molecule has 0 aliphatic rings. The summed E-state index contributed by atoms with van der Waals surface area (Å²) in [6.45, 7) is 0.546. The van der Waals surface area contributed by atoms with Crippen LogP contribution >= 0.6 is 0 Å². The van der Waals surface area contributed by atoms with Crippen molar-refractivity contribution in [1.82, 2.24) is 14.9 Å². The Morgan fingerprint density at radius 3 is 2.31 bits per heavy atom. The molecule has 140 valence electrons. The zero-order valence-corrected chi connectivity index (χ0v) is 15.5. The van der Waals surface area contributed by atoms with Crippen LogP contribution in [0.25, 0.3) is 0 Å². The lowest BCUT2D eigenvalue weighted by Gasteiger charge is -2.19. The topological polar surface area (TPSA) is 78.5 Å². The highest BCUT2D eigenvalue weighted by Crippen LogP contribution is 2.12. The zero-order chi connectivity index (χ0) is 19.2. The van der Waals surface area contributed by atoms with E-state index in [9.17, 15) is 17.6 Å². The number of hydrogen-bond acceptors (Lipinski definition) is 3. The molecule has 2 amide bonds. The summed E-state index contributed by atoms with van der Waals surface area (Å²) in [5.41, 5.74) is 2.17. The van der Waals surface area contributed by atoms with Crippen LogP contribution in [0.5, 0.6) is 0 Å². The van der Waals surface area contributed by atoms with E-state index in [1.807, 2.05) is 0 Å². The summed E-state index contributed by atoms with van der Waals surface area (Å²) < 4.78 is 38.7. The Morgan fingerprint density at radius 2 is 1.69 bits per heavy atom. The molecule has 2 rings (SSSR count). The van der Waals surface area contributed by atoms with E-state index in [2.05, 4.69) is 10.0 Å². The smallest absolute Gasteiger partial charge is 0.317 e. The van der Waals surface area contributed by atoms with Crippen LogP contribution in [0.2, 0.25) is 0 Å². The molecule has 0 bridgehead atoms. The highest BCUT2D eigenvalue weighted by Gasteiger charge is 2.14. The molecule has 0 saturated carbocycles. The molecule has 2 aromatic rings. The fourth-order valence-electron chi connectivity index (χ4n) is 2.39. The van der Waals surface area contributed by atoms with Crippen LogP contribution in [0, 0.1) is 5.82 Å². The second-order valence-corrected chi connectivity index (χ2v) is 7.80. The highest BCUT2D eigenvalue weighted by molar-refractivity contribution is 7.88. The van der Waals surface area contributed by atoms with Gasteiger partial charge in [-0.25, -0.2) is 22.3 Å². The molecular formula is C18H22FN3O3S. The van der Waals surface area contributed by atoms with Crippen molar-refractivity contribution in [2.24, 2.45) is 0 Å². The summed E-state index contributed by atoms with van der Waals surface area (Å²) in [7, 11) is -0.398. The lowest BCUT2D eigenvalue weighted by atomic mass is 10.1. The Morgan fingerprint density at radius 1 is 1.08 bits per heavy atom. The van der Waals surface area contributed by atoms with Gasteiger partial charge >= 0.3 is 6.03 Å². The van der Waals surface area contributed by atoms with Crippen LogP contribution < -0.4 is 10.0 Å². The third kappa shape index (κ3) is 5.82. The van der Waals surface area contributed by atoms with Gasteiger partial charge < -0.3 is 10.2 Å². The molecule has 0 unspecified atom stereocenters. The number of hydrogen-bond donors (Lipinski definition) is 2. The highest BCUT2D eigenvalue weighted by atomic mass is 32.2. The molecule has 0 heterocycles. The molecule has 0 aromatic heterocycles. The maximum absolute atomic E-state index is 12.9. The third-order valence-corrected chi connectivity index (χ3v) is 5.20. The molecule has 0 aliphatic heterocycles. The van der Waals surface area contributed by atoms with Gasteiger partial charge in [-0.05, 0) is 35.9 Å². The minimum atomic E-state index is -3.40. The van der Waals surface area contributed by atoms with Crippen molar-refractivity contribution in [3.63, 3.8) is 0 Å². The van der Waals surface area contributed by atoms with E-state index in [0.717, 1.165) is 11.1 Å². The maximum atomic E-state index is 12.9. The molecular weight excluding hydrogens is 357 g/mol. The van der Waals surface area contributed by atoms with Crippen molar-refractivity contribution in [3.8, 4) is 0 Å². The first-order valence-corrected chi connectivity index (χ1v) is 9.67. The largest absolute Gasteiger partial charge is 0.334 e. The van der Waals surface area contributed by atoms with E-state index >= 15 is 0 Å². The predicted molar refractivity (Wildman–Crippen MR) is 98.2 cm³/mol. The van der Waals surface area contributed by atoms with Gasteiger partial charge in [-0.15, -0.1) is 0 Å². The second kappa shape index (κ2) is 8.77. The molecule has 6 nitrogen and oxygen atoms in total. The number of benzene rings is 2. The van der Waals surface area contributed by atoms with Crippen LogP contribution in [-0.2, 0) is 28.9 Å². The van der Waals surface area contributed by atoms with Gasteiger partial charge in [-0.3, -0.25) is 0 Å². The number of sulfonamides is 1. The van der Waals surface area contributed by atoms with Crippen molar-refractivity contribution in [1.29, 1.82) is 0 Å². The average Bonchev–Trinajstić information content (AvgIpc) is 2.62.